The highest BCUT2D eigenvalue weighted by Crippen LogP contribution is 2.40. The van der Waals surface area contributed by atoms with Gasteiger partial charge in [-0.25, -0.2) is 4.99 Å². The first kappa shape index (κ1) is 26.2. The van der Waals surface area contributed by atoms with Crippen molar-refractivity contribution in [3.8, 4) is 11.5 Å². The highest BCUT2D eigenvalue weighted by Gasteiger charge is 2.33. The number of alkyl halides is 3. The molecule has 0 saturated carbocycles. The van der Waals surface area contributed by atoms with Crippen molar-refractivity contribution in [1.82, 2.24) is 5.32 Å². The summed E-state index contributed by atoms with van der Waals surface area (Å²) in [7, 11) is 0. The number of benzene rings is 3. The summed E-state index contributed by atoms with van der Waals surface area (Å²) in [5.41, 5.74) is 1.30. The van der Waals surface area contributed by atoms with Crippen LogP contribution in [0.2, 0.25) is 5.02 Å². The summed E-state index contributed by atoms with van der Waals surface area (Å²) in [6.45, 7) is 3.91. The monoisotopic (exact) mass is 547 g/mol. The summed E-state index contributed by atoms with van der Waals surface area (Å²) in [5, 5.41) is 14.5. The number of aryl methyl sites for hydroxylation is 2. The summed E-state index contributed by atoms with van der Waals surface area (Å²) in [6, 6.07) is 12.2. The van der Waals surface area contributed by atoms with Gasteiger partial charge in [0.2, 0.25) is 5.75 Å². The molecule has 0 radical (unpaired) electrons. The van der Waals surface area contributed by atoms with Crippen LogP contribution in [0, 0.1) is 24.0 Å². The van der Waals surface area contributed by atoms with Crippen molar-refractivity contribution in [3.05, 3.63) is 96.9 Å². The number of amides is 1. The number of carbonyl (C=O) groups is 1. The van der Waals surface area contributed by atoms with Gasteiger partial charge in [0, 0.05) is 6.07 Å². The van der Waals surface area contributed by atoms with E-state index < -0.39 is 28.1 Å². The van der Waals surface area contributed by atoms with Crippen molar-refractivity contribution in [2.75, 3.05) is 0 Å². The molecule has 1 aliphatic heterocycles. The summed E-state index contributed by atoms with van der Waals surface area (Å²) in [6.07, 6.45) is -3.16. The number of amidine groups is 1. The Bertz CT molecular complexity index is 1470. The molecule has 1 amide bonds. The van der Waals surface area contributed by atoms with Gasteiger partial charge in [0.25, 0.3) is 5.91 Å². The van der Waals surface area contributed by atoms with Gasteiger partial charge >= 0.3 is 11.9 Å². The second-order valence-corrected chi connectivity index (χ2v) is 9.49. The van der Waals surface area contributed by atoms with Crippen LogP contribution in [0.4, 0.5) is 24.5 Å². The number of hydrogen-bond acceptors (Lipinski definition) is 6. The van der Waals surface area contributed by atoms with Gasteiger partial charge in [0.05, 0.1) is 26.1 Å². The van der Waals surface area contributed by atoms with Crippen LogP contribution in [0.25, 0.3) is 6.08 Å². The molecule has 0 aromatic heterocycles. The Morgan fingerprint density at radius 2 is 1.73 bits per heavy atom. The molecule has 1 heterocycles. The van der Waals surface area contributed by atoms with Gasteiger partial charge in [-0.05, 0) is 84.8 Å². The quantitative estimate of drug-likeness (QED) is 0.202. The summed E-state index contributed by atoms with van der Waals surface area (Å²) >= 11 is 7.42. The molecule has 12 heteroatoms. The van der Waals surface area contributed by atoms with E-state index in [1.807, 2.05) is 32.0 Å². The first-order valence-electron chi connectivity index (χ1n) is 10.6. The molecule has 1 N–H and O–H groups in total. The number of nitrogens with one attached hydrogen (secondary N) is 1. The van der Waals surface area contributed by atoms with Gasteiger partial charge in [-0.2, -0.15) is 13.2 Å². The van der Waals surface area contributed by atoms with E-state index in [4.69, 9.17) is 16.3 Å². The Balaban J connectivity index is 1.55. The predicted molar refractivity (Wildman–Crippen MR) is 136 cm³/mol. The van der Waals surface area contributed by atoms with Crippen LogP contribution in [0.15, 0.2) is 64.5 Å². The minimum Gasteiger partial charge on any atom is -0.449 e. The molecule has 1 saturated heterocycles. The molecule has 1 aliphatic rings. The van der Waals surface area contributed by atoms with Gasteiger partial charge in [0.15, 0.2) is 5.17 Å². The maximum absolute atomic E-state index is 12.9. The Kier molecular flexibility index (Phi) is 7.28. The molecular weight excluding hydrogens is 531 g/mol. The third-order valence-electron chi connectivity index (χ3n) is 5.04. The zero-order valence-electron chi connectivity index (χ0n) is 19.2. The Morgan fingerprint density at radius 3 is 2.35 bits per heavy atom. The fourth-order valence-corrected chi connectivity index (χ4v) is 4.56. The van der Waals surface area contributed by atoms with Gasteiger partial charge in [0.1, 0.15) is 5.75 Å². The van der Waals surface area contributed by atoms with Crippen LogP contribution < -0.4 is 10.1 Å². The standard InChI is InChI=1S/C25H17ClF3N3O4S/c1-13-7-14(2)9-17(8-13)30-24-31-23(33)22(37-24)11-15-3-5-20(18(26)10-15)36-21-6-4-16(25(27,28)29)12-19(21)32(34)35/h3-12H,1-2H3,(H,30,31,33)/b22-11-. The SMILES string of the molecule is Cc1cc(C)cc(N=C2NC(=O)/C(=C/c3ccc(Oc4ccc(C(F)(F)F)cc4[N+](=O)[O-])c(Cl)c3)S2)c1. The zero-order chi connectivity index (χ0) is 26.9. The number of nitro groups is 1. The molecule has 0 aliphatic carbocycles. The molecule has 37 heavy (non-hydrogen) atoms. The van der Waals surface area contributed by atoms with Crippen molar-refractivity contribution < 1.29 is 27.6 Å². The van der Waals surface area contributed by atoms with E-state index >= 15 is 0 Å². The lowest BCUT2D eigenvalue weighted by atomic mass is 10.1. The predicted octanol–water partition coefficient (Wildman–Crippen LogP) is 7.57. The van der Waals surface area contributed by atoms with Crippen LogP contribution in [-0.4, -0.2) is 16.0 Å². The van der Waals surface area contributed by atoms with Gasteiger partial charge in [-0.3, -0.25) is 14.9 Å². The van der Waals surface area contributed by atoms with E-state index in [0.717, 1.165) is 29.0 Å². The van der Waals surface area contributed by atoms with Crippen LogP contribution in [-0.2, 0) is 11.0 Å². The average Bonchev–Trinajstić information content (AvgIpc) is 3.12. The van der Waals surface area contributed by atoms with E-state index in [-0.39, 0.29) is 16.7 Å². The minimum absolute atomic E-state index is 0.00716. The molecule has 190 valence electrons. The molecule has 0 unspecified atom stereocenters. The number of hydrogen-bond donors (Lipinski definition) is 1. The Labute approximate surface area is 218 Å². The highest BCUT2D eigenvalue weighted by molar-refractivity contribution is 8.18. The number of ether oxygens (including phenoxy) is 1. The lowest BCUT2D eigenvalue weighted by Gasteiger charge is -2.11. The number of aliphatic imine (C=N–C) groups is 1. The fraction of sp³-hybridized carbons (Fsp3) is 0.120. The number of thioether (sulfide) groups is 1. The summed E-state index contributed by atoms with van der Waals surface area (Å²) in [5.74, 6) is -0.749. The van der Waals surface area contributed by atoms with Gasteiger partial charge in [-0.15, -0.1) is 0 Å². The number of rotatable bonds is 5. The van der Waals surface area contributed by atoms with E-state index in [0.29, 0.717) is 33.5 Å². The van der Waals surface area contributed by atoms with Crippen LogP contribution in [0.5, 0.6) is 11.5 Å². The van der Waals surface area contributed by atoms with Gasteiger partial charge in [-0.1, -0.05) is 23.7 Å². The summed E-state index contributed by atoms with van der Waals surface area (Å²) in [4.78, 5) is 27.6. The fourth-order valence-electron chi connectivity index (χ4n) is 3.50. The van der Waals surface area contributed by atoms with Crippen molar-refractivity contribution in [2.45, 2.75) is 20.0 Å². The first-order valence-corrected chi connectivity index (χ1v) is 11.8. The Morgan fingerprint density at radius 1 is 1.05 bits per heavy atom. The number of nitrogens with zero attached hydrogens (tertiary/aromatic N) is 2. The third-order valence-corrected chi connectivity index (χ3v) is 6.25. The molecule has 0 bridgehead atoms. The summed E-state index contributed by atoms with van der Waals surface area (Å²) < 4.78 is 44.2. The molecular formula is C25H17ClF3N3O4S. The van der Waals surface area contributed by atoms with Crippen LogP contribution in [0.3, 0.4) is 0 Å². The van der Waals surface area contributed by atoms with Crippen LogP contribution >= 0.6 is 23.4 Å². The van der Waals surface area contributed by atoms with E-state index in [1.165, 1.54) is 12.1 Å². The first-order chi connectivity index (χ1) is 17.4. The van der Waals surface area contributed by atoms with Crippen molar-refractivity contribution in [1.29, 1.82) is 0 Å². The maximum Gasteiger partial charge on any atom is 0.416 e. The molecule has 0 spiro atoms. The maximum atomic E-state index is 12.9. The molecule has 4 rings (SSSR count). The third kappa shape index (κ3) is 6.30. The molecule has 3 aromatic rings. The largest absolute Gasteiger partial charge is 0.449 e. The van der Waals surface area contributed by atoms with Crippen LogP contribution in [0.1, 0.15) is 22.3 Å². The number of carbonyl (C=O) groups excluding carboxylic acids is 1. The van der Waals surface area contributed by atoms with Crippen molar-refractivity contribution in [3.63, 3.8) is 0 Å². The van der Waals surface area contributed by atoms with Crippen molar-refractivity contribution >= 4 is 51.9 Å². The highest BCUT2D eigenvalue weighted by atomic mass is 35.5. The number of halogens is 4. The Hall–Kier alpha value is -3.83. The minimum atomic E-state index is -4.75. The van der Waals surface area contributed by atoms with E-state index in [2.05, 4.69) is 10.3 Å². The topological polar surface area (TPSA) is 93.8 Å². The lowest BCUT2D eigenvalue weighted by Crippen LogP contribution is -2.19. The van der Waals surface area contributed by atoms with E-state index in [1.54, 1.807) is 12.1 Å². The smallest absolute Gasteiger partial charge is 0.416 e. The second kappa shape index (κ2) is 10.3. The zero-order valence-corrected chi connectivity index (χ0v) is 20.8. The molecule has 0 atom stereocenters. The molecule has 7 nitrogen and oxygen atoms in total. The number of nitro benzene ring substituents is 1. The average molecular weight is 548 g/mol. The molecule has 3 aromatic carbocycles. The lowest BCUT2D eigenvalue weighted by molar-refractivity contribution is -0.385. The normalized spacial score (nSPS) is 15.8. The van der Waals surface area contributed by atoms with Gasteiger partial charge < -0.3 is 10.1 Å². The van der Waals surface area contributed by atoms with Crippen molar-refractivity contribution in [2.24, 2.45) is 4.99 Å². The second-order valence-electron chi connectivity index (χ2n) is 8.06. The van der Waals surface area contributed by atoms with E-state index in [9.17, 15) is 28.1 Å². The molecule has 1 fully saturated rings.